The second-order valence-corrected chi connectivity index (χ2v) is 12.2. The highest BCUT2D eigenvalue weighted by molar-refractivity contribution is 7.66. The lowest BCUT2D eigenvalue weighted by atomic mass is 10.1. The second-order valence-electron chi connectivity index (χ2n) is 7.82. The number of imidazole rings is 1. The van der Waals surface area contributed by atoms with Crippen molar-refractivity contribution in [3.63, 3.8) is 0 Å². The number of benzene rings is 1. The summed E-state index contributed by atoms with van der Waals surface area (Å²) in [7, 11) is -16.7. The normalized spacial score (nSPS) is 25.2. The molecule has 0 amide bonds. The number of rotatable bonds is 11. The Labute approximate surface area is 213 Å². The minimum absolute atomic E-state index is 0.223. The van der Waals surface area contributed by atoms with Crippen LogP contribution >= 0.6 is 23.5 Å². The third-order valence-corrected chi connectivity index (χ3v) is 8.89. The van der Waals surface area contributed by atoms with Crippen LogP contribution in [0.1, 0.15) is 11.8 Å². The van der Waals surface area contributed by atoms with E-state index in [-0.39, 0.29) is 5.65 Å². The van der Waals surface area contributed by atoms with Gasteiger partial charge in [0, 0.05) is 6.54 Å². The van der Waals surface area contributed by atoms with E-state index in [1.54, 1.807) is 0 Å². The van der Waals surface area contributed by atoms with Crippen molar-refractivity contribution in [3.8, 4) is 0 Å². The fourth-order valence-electron chi connectivity index (χ4n) is 3.52. The van der Waals surface area contributed by atoms with E-state index in [1.807, 2.05) is 30.3 Å². The third-order valence-electron chi connectivity index (χ3n) is 5.09. The van der Waals surface area contributed by atoms with Gasteiger partial charge >= 0.3 is 23.5 Å². The van der Waals surface area contributed by atoms with E-state index < -0.39 is 54.6 Å². The summed E-state index contributed by atoms with van der Waals surface area (Å²) in [5.41, 5.74) is 1.53. The van der Waals surface area contributed by atoms with Crippen LogP contribution in [-0.2, 0) is 38.1 Å². The Kier molecular flexibility index (Phi) is 8.47. The van der Waals surface area contributed by atoms with Crippen LogP contribution in [-0.4, -0.2) is 74.2 Å². The molecular formula is C17H22N5O13P3. The molecule has 4 rings (SSSR count). The molecule has 2 aromatic heterocycles. The summed E-state index contributed by atoms with van der Waals surface area (Å²) in [6.07, 6.45) is -3.51. The zero-order valence-electron chi connectivity index (χ0n) is 18.9. The summed E-state index contributed by atoms with van der Waals surface area (Å²) < 4.78 is 52.7. The molecule has 18 nitrogen and oxygen atoms in total. The van der Waals surface area contributed by atoms with Crippen LogP contribution in [0, 0.1) is 0 Å². The smallest absolute Gasteiger partial charge is 0.387 e. The van der Waals surface area contributed by atoms with Gasteiger partial charge in [0.25, 0.3) is 0 Å². The summed E-state index contributed by atoms with van der Waals surface area (Å²) in [6.45, 7) is -0.520. The number of phosphoric ester groups is 1. The molecule has 2 unspecified atom stereocenters. The minimum Gasteiger partial charge on any atom is -0.387 e. The molecule has 0 spiro atoms. The van der Waals surface area contributed by atoms with Crippen molar-refractivity contribution in [2.45, 2.75) is 31.1 Å². The van der Waals surface area contributed by atoms with E-state index in [1.165, 1.54) is 17.2 Å². The Morgan fingerprint density at radius 2 is 1.66 bits per heavy atom. The standard InChI is InChI=1S/C17H22N5O13P3/c23-13-11(7-32-37(28,29)35-38(30,31)34-36(25,26)27)33-17(14(13)24)22-9-21-12-15(19-8-20-16(12)22)18-6-10-4-2-1-3-5-10/h1-5,8-9,11,13-14,17,23-24H,6-7H2,(H,28,29)(H,30,31)(H,18,19,20)(H2,25,26,27)/t11-,13-,14-,17-/m1/s1/i36+1. The molecule has 0 saturated carbocycles. The molecular weight excluding hydrogens is 576 g/mol. The fourth-order valence-corrected chi connectivity index (χ4v) is 6.55. The minimum atomic E-state index is -5.72. The Bertz CT molecular complexity index is 1420. The lowest BCUT2D eigenvalue weighted by Crippen LogP contribution is -2.33. The van der Waals surface area contributed by atoms with E-state index in [2.05, 4.69) is 33.4 Å². The van der Waals surface area contributed by atoms with Gasteiger partial charge in [0.2, 0.25) is 0 Å². The van der Waals surface area contributed by atoms with Crippen molar-refractivity contribution in [1.82, 2.24) is 19.5 Å². The lowest BCUT2D eigenvalue weighted by Gasteiger charge is -2.19. The molecule has 1 saturated heterocycles. The molecule has 21 heteroatoms. The van der Waals surface area contributed by atoms with Gasteiger partial charge < -0.3 is 39.8 Å². The second kappa shape index (κ2) is 11.2. The molecule has 1 aliphatic heterocycles. The molecule has 1 aliphatic rings. The van der Waals surface area contributed by atoms with Crippen molar-refractivity contribution in [2.75, 3.05) is 11.9 Å². The quantitative estimate of drug-likeness (QED) is 0.147. The zero-order valence-corrected chi connectivity index (χ0v) is 21.6. The number of aliphatic hydroxyl groups is 2. The number of aliphatic hydroxyl groups excluding tert-OH is 2. The molecule has 7 N–H and O–H groups in total. The van der Waals surface area contributed by atoms with E-state index in [9.17, 15) is 33.7 Å². The zero-order chi connectivity index (χ0) is 27.7. The molecule has 208 valence electrons. The fraction of sp³-hybridized carbons (Fsp3) is 0.353. The maximum Gasteiger partial charge on any atom is 0.490 e. The van der Waals surface area contributed by atoms with Crippen molar-refractivity contribution >= 4 is 40.4 Å². The van der Waals surface area contributed by atoms with Gasteiger partial charge in [-0.1, -0.05) is 30.3 Å². The summed E-state index contributed by atoms with van der Waals surface area (Å²) in [4.78, 5) is 48.6. The first-order chi connectivity index (χ1) is 17.7. The average molecular weight is 598 g/mol. The van der Waals surface area contributed by atoms with Crippen LogP contribution in [0.5, 0.6) is 0 Å². The Morgan fingerprint density at radius 3 is 2.34 bits per heavy atom. The number of hydrogen-bond donors (Lipinski definition) is 7. The van der Waals surface area contributed by atoms with Gasteiger partial charge in [0.15, 0.2) is 23.2 Å². The van der Waals surface area contributed by atoms with Crippen LogP contribution in [0.4, 0.5) is 5.82 Å². The summed E-state index contributed by atoms with van der Waals surface area (Å²) in [6, 6.07) is 9.47. The molecule has 38 heavy (non-hydrogen) atoms. The molecule has 0 bridgehead atoms. The van der Waals surface area contributed by atoms with Gasteiger partial charge in [-0.3, -0.25) is 9.09 Å². The first-order valence-electron chi connectivity index (χ1n) is 10.5. The molecule has 3 aromatic rings. The Morgan fingerprint density at radius 1 is 0.947 bits per heavy atom. The molecule has 1 aromatic carbocycles. The number of nitrogens with one attached hydrogen (secondary N) is 1. The summed E-state index contributed by atoms with van der Waals surface area (Å²) in [5.74, 6) is 0.384. The van der Waals surface area contributed by atoms with Gasteiger partial charge in [-0.05, 0) is 5.56 Å². The molecule has 0 aliphatic carbocycles. The number of phosphoric acid groups is 3. The van der Waals surface area contributed by atoms with Crippen molar-refractivity contribution in [2.24, 2.45) is 0 Å². The van der Waals surface area contributed by atoms with Crippen molar-refractivity contribution < 1.29 is 61.4 Å². The Hall–Kier alpha value is -2.14. The van der Waals surface area contributed by atoms with Gasteiger partial charge in [0.1, 0.15) is 24.6 Å². The van der Waals surface area contributed by atoms with E-state index in [0.717, 1.165) is 5.56 Å². The number of hydrogen-bond acceptors (Lipinski definition) is 13. The van der Waals surface area contributed by atoms with Crippen LogP contribution in [0.2, 0.25) is 0 Å². The SMILES string of the molecule is O=P(O)(OC[C@H]1O[C@@H](n2cnc3c(NCc4ccccc4)ncnc32)[C@H](O)[C@@H]1O)OP(=O)(O)O[32P](=O)(O)O. The highest BCUT2D eigenvalue weighted by Gasteiger charge is 2.47. The van der Waals surface area contributed by atoms with Gasteiger partial charge in [0.05, 0.1) is 12.9 Å². The van der Waals surface area contributed by atoms with Crippen molar-refractivity contribution in [1.29, 1.82) is 0 Å². The van der Waals surface area contributed by atoms with Gasteiger partial charge in [-0.25, -0.2) is 28.6 Å². The largest absolute Gasteiger partial charge is 0.490 e. The highest BCUT2D eigenvalue weighted by Crippen LogP contribution is 2.66. The summed E-state index contributed by atoms with van der Waals surface area (Å²) in [5, 5.41) is 24.0. The van der Waals surface area contributed by atoms with E-state index in [0.29, 0.717) is 17.9 Å². The predicted molar refractivity (Wildman–Crippen MR) is 125 cm³/mol. The number of fused-ring (bicyclic) bond motifs is 1. The maximum atomic E-state index is 12.0. The molecule has 1 fully saturated rings. The molecule has 0 radical (unpaired) electrons. The predicted octanol–water partition coefficient (Wildman–Crippen LogP) is 0.401. The van der Waals surface area contributed by atoms with Crippen LogP contribution in [0.15, 0.2) is 43.0 Å². The van der Waals surface area contributed by atoms with E-state index in [4.69, 9.17) is 14.5 Å². The van der Waals surface area contributed by atoms with Crippen LogP contribution < -0.4 is 5.32 Å². The third kappa shape index (κ3) is 7.08. The van der Waals surface area contributed by atoms with Crippen LogP contribution in [0.25, 0.3) is 11.2 Å². The highest BCUT2D eigenvalue weighted by atomic mass is 32.2. The average Bonchev–Trinajstić information content (AvgIpc) is 3.36. The first kappa shape index (κ1) is 28.9. The number of ether oxygens (including phenoxy) is 1. The van der Waals surface area contributed by atoms with Crippen molar-refractivity contribution in [3.05, 3.63) is 48.5 Å². The number of anilines is 1. The lowest BCUT2D eigenvalue weighted by molar-refractivity contribution is -0.0503. The monoisotopic (exact) mass is 598 g/mol. The van der Waals surface area contributed by atoms with E-state index >= 15 is 0 Å². The molecule has 3 heterocycles. The topological polar surface area (TPSA) is 265 Å². The number of aromatic nitrogens is 4. The Balaban J connectivity index is 1.44. The number of nitrogens with zero attached hydrogens (tertiary/aromatic N) is 4. The van der Waals surface area contributed by atoms with Gasteiger partial charge in [-0.15, -0.1) is 0 Å². The van der Waals surface area contributed by atoms with Crippen LogP contribution in [0.3, 0.4) is 0 Å². The summed E-state index contributed by atoms with van der Waals surface area (Å²) >= 11 is 0. The maximum absolute atomic E-state index is 12.0. The van der Waals surface area contributed by atoms with Gasteiger partial charge in [-0.2, -0.15) is 8.62 Å². The molecule has 6 atom stereocenters. The first-order valence-corrected chi connectivity index (χ1v) is 15.0.